The van der Waals surface area contributed by atoms with E-state index in [1.54, 1.807) is 28.9 Å². The van der Waals surface area contributed by atoms with E-state index >= 15 is 0 Å². The number of rotatable bonds is 3. The van der Waals surface area contributed by atoms with Crippen LogP contribution < -0.4 is 16.4 Å². The fraction of sp³-hybridized carbons (Fsp3) is 0.167. The molecule has 108 valence electrons. The smallest absolute Gasteiger partial charge is 0.338 e. The Balaban J connectivity index is 1.91. The van der Waals surface area contributed by atoms with Crippen LogP contribution in [0.25, 0.3) is 17.0 Å². The molecule has 0 unspecified atom stereocenters. The minimum atomic E-state index is -0.619. The van der Waals surface area contributed by atoms with Crippen LogP contribution in [0.3, 0.4) is 0 Å². The van der Waals surface area contributed by atoms with Crippen LogP contribution in [-0.4, -0.2) is 32.1 Å². The van der Waals surface area contributed by atoms with E-state index in [1.807, 2.05) is 6.92 Å². The number of imidazole rings is 1. The van der Waals surface area contributed by atoms with Gasteiger partial charge in [0.1, 0.15) is 5.65 Å². The first-order valence-corrected chi connectivity index (χ1v) is 6.25. The molecule has 0 radical (unpaired) electrons. The molecule has 0 saturated carbocycles. The zero-order valence-electron chi connectivity index (χ0n) is 11.1. The number of aromatic amines is 1. The van der Waals surface area contributed by atoms with Crippen molar-refractivity contribution in [3.63, 3.8) is 0 Å². The van der Waals surface area contributed by atoms with Gasteiger partial charge in [-0.1, -0.05) is 5.16 Å². The van der Waals surface area contributed by atoms with E-state index in [1.165, 1.54) is 0 Å². The number of amides is 2. The van der Waals surface area contributed by atoms with E-state index in [-0.39, 0.29) is 6.03 Å². The Bertz CT molecular complexity index is 846. The van der Waals surface area contributed by atoms with Crippen LogP contribution >= 0.6 is 0 Å². The van der Waals surface area contributed by atoms with Crippen LogP contribution in [0.5, 0.6) is 0 Å². The van der Waals surface area contributed by atoms with Gasteiger partial charge in [0.05, 0.1) is 6.20 Å². The molecule has 0 aliphatic carbocycles. The number of hydrogen-bond donors (Lipinski definition) is 3. The highest BCUT2D eigenvalue weighted by atomic mass is 16.5. The van der Waals surface area contributed by atoms with Crippen molar-refractivity contribution in [3.05, 3.63) is 35.1 Å². The lowest BCUT2D eigenvalue weighted by Gasteiger charge is -2.00. The van der Waals surface area contributed by atoms with Gasteiger partial charge in [0.25, 0.3) is 0 Å². The fourth-order valence-electron chi connectivity index (χ4n) is 1.86. The van der Waals surface area contributed by atoms with E-state index in [9.17, 15) is 9.59 Å². The Morgan fingerprint density at radius 2 is 2.38 bits per heavy atom. The Morgan fingerprint density at radius 1 is 1.52 bits per heavy atom. The average Bonchev–Trinajstić information content (AvgIpc) is 3.03. The number of aromatic nitrogens is 4. The van der Waals surface area contributed by atoms with Gasteiger partial charge in [0.2, 0.25) is 0 Å². The molecule has 0 atom stereocenters. The average molecular weight is 288 g/mol. The largest absolute Gasteiger partial charge is 0.439 e. The summed E-state index contributed by atoms with van der Waals surface area (Å²) in [4.78, 5) is 29.1. The summed E-state index contributed by atoms with van der Waals surface area (Å²) in [6.45, 7) is 2.36. The minimum absolute atomic E-state index is 0.318. The molecule has 0 aromatic carbocycles. The molecular formula is C12H12N6O3. The molecule has 9 heteroatoms. The van der Waals surface area contributed by atoms with Gasteiger partial charge in [-0.2, -0.15) is 0 Å². The van der Waals surface area contributed by atoms with Gasteiger partial charge in [-0.3, -0.25) is 14.8 Å². The van der Waals surface area contributed by atoms with Crippen LogP contribution in [0.1, 0.15) is 6.92 Å². The standard InChI is InChI=1S/C12H12N6O3/c1-2-13-11(19)15-8-6-18-4-3-7(5-9(18)14-8)10-16-12(20)21-17-10/h3-6H,2H2,1H3,(H2,13,15,19)(H,16,17,20). The Kier molecular flexibility index (Phi) is 3.14. The van der Waals surface area contributed by atoms with Gasteiger partial charge in [-0.25, -0.2) is 14.6 Å². The lowest BCUT2D eigenvalue weighted by atomic mass is 10.2. The van der Waals surface area contributed by atoms with Crippen molar-refractivity contribution < 1.29 is 9.32 Å². The maximum atomic E-state index is 11.4. The zero-order valence-corrected chi connectivity index (χ0v) is 11.1. The molecule has 3 N–H and O–H groups in total. The molecule has 0 bridgehead atoms. The highest BCUT2D eigenvalue weighted by Gasteiger charge is 2.08. The second-order valence-electron chi connectivity index (χ2n) is 4.24. The third-order valence-electron chi connectivity index (χ3n) is 2.75. The summed E-state index contributed by atoms with van der Waals surface area (Å²) in [5, 5.41) is 8.85. The molecule has 3 heterocycles. The summed E-state index contributed by atoms with van der Waals surface area (Å²) in [5.41, 5.74) is 1.26. The predicted molar refractivity (Wildman–Crippen MR) is 74.0 cm³/mol. The van der Waals surface area contributed by atoms with Crippen molar-refractivity contribution in [2.45, 2.75) is 6.92 Å². The van der Waals surface area contributed by atoms with Crippen molar-refractivity contribution in [2.24, 2.45) is 0 Å². The van der Waals surface area contributed by atoms with Crippen molar-refractivity contribution in [1.29, 1.82) is 0 Å². The van der Waals surface area contributed by atoms with E-state index < -0.39 is 5.76 Å². The van der Waals surface area contributed by atoms with Gasteiger partial charge in [0, 0.05) is 18.3 Å². The second-order valence-corrected chi connectivity index (χ2v) is 4.24. The van der Waals surface area contributed by atoms with Crippen molar-refractivity contribution in [1.82, 2.24) is 24.8 Å². The molecule has 0 saturated heterocycles. The van der Waals surface area contributed by atoms with Crippen molar-refractivity contribution >= 4 is 17.5 Å². The molecule has 2 amide bonds. The van der Waals surface area contributed by atoms with Crippen LogP contribution in [0.4, 0.5) is 10.6 Å². The Hall–Kier alpha value is -3.10. The number of pyridine rings is 1. The SMILES string of the molecule is CCNC(=O)Nc1cn2ccc(-c3noc(=O)[nH]3)cc2n1. The Morgan fingerprint density at radius 3 is 3.10 bits per heavy atom. The quantitative estimate of drug-likeness (QED) is 0.659. The van der Waals surface area contributed by atoms with Gasteiger partial charge < -0.3 is 9.72 Å². The molecule has 0 aliphatic heterocycles. The summed E-state index contributed by atoms with van der Waals surface area (Å²) in [6, 6.07) is 3.15. The van der Waals surface area contributed by atoms with E-state index in [2.05, 4.69) is 30.3 Å². The third kappa shape index (κ3) is 2.61. The summed E-state index contributed by atoms with van der Waals surface area (Å²) < 4.78 is 6.20. The number of hydrogen-bond acceptors (Lipinski definition) is 5. The number of urea groups is 1. The third-order valence-corrected chi connectivity index (χ3v) is 2.75. The lowest BCUT2D eigenvalue weighted by molar-refractivity contribution is 0.252. The maximum absolute atomic E-state index is 11.4. The van der Waals surface area contributed by atoms with Crippen LogP contribution in [0, 0.1) is 0 Å². The monoisotopic (exact) mass is 288 g/mol. The predicted octanol–water partition coefficient (Wildman–Crippen LogP) is 0.819. The number of carbonyl (C=O) groups is 1. The molecule has 21 heavy (non-hydrogen) atoms. The molecule has 0 fully saturated rings. The normalized spacial score (nSPS) is 10.7. The highest BCUT2D eigenvalue weighted by molar-refractivity contribution is 5.88. The zero-order chi connectivity index (χ0) is 14.8. The van der Waals surface area contributed by atoms with Crippen LogP contribution in [-0.2, 0) is 0 Å². The Labute approximate surface area is 118 Å². The van der Waals surface area contributed by atoms with Gasteiger partial charge in [0.15, 0.2) is 11.6 Å². The number of nitrogens with one attached hydrogen (secondary N) is 3. The van der Waals surface area contributed by atoms with Gasteiger partial charge in [-0.15, -0.1) is 0 Å². The van der Waals surface area contributed by atoms with Crippen LogP contribution in [0.15, 0.2) is 33.8 Å². The van der Waals surface area contributed by atoms with Crippen molar-refractivity contribution in [2.75, 3.05) is 11.9 Å². The van der Waals surface area contributed by atoms with E-state index in [0.29, 0.717) is 29.4 Å². The fourth-order valence-corrected chi connectivity index (χ4v) is 1.86. The summed E-state index contributed by atoms with van der Waals surface area (Å²) in [7, 11) is 0. The van der Waals surface area contributed by atoms with Crippen LogP contribution in [0.2, 0.25) is 0 Å². The molecule has 3 aromatic rings. The van der Waals surface area contributed by atoms with E-state index in [0.717, 1.165) is 0 Å². The topological polar surface area (TPSA) is 117 Å². The molecule has 3 rings (SSSR count). The minimum Gasteiger partial charge on any atom is -0.338 e. The summed E-state index contributed by atoms with van der Waals surface area (Å²) in [6.07, 6.45) is 3.42. The molecule has 0 spiro atoms. The first kappa shape index (κ1) is 12.9. The number of fused-ring (bicyclic) bond motifs is 1. The summed E-state index contributed by atoms with van der Waals surface area (Å²) in [5.74, 6) is 0.127. The number of anilines is 1. The number of nitrogens with zero attached hydrogens (tertiary/aromatic N) is 3. The van der Waals surface area contributed by atoms with E-state index in [4.69, 9.17) is 0 Å². The van der Waals surface area contributed by atoms with Gasteiger partial charge in [-0.05, 0) is 19.1 Å². The first-order valence-electron chi connectivity index (χ1n) is 6.25. The summed E-state index contributed by atoms with van der Waals surface area (Å²) >= 11 is 0. The second kappa shape index (κ2) is 5.12. The molecule has 3 aromatic heterocycles. The lowest BCUT2D eigenvalue weighted by Crippen LogP contribution is -2.28. The number of H-pyrrole nitrogens is 1. The van der Waals surface area contributed by atoms with Crippen molar-refractivity contribution in [3.8, 4) is 11.4 Å². The first-order chi connectivity index (χ1) is 10.2. The molecular weight excluding hydrogens is 276 g/mol. The molecule has 0 aliphatic rings. The molecule has 9 nitrogen and oxygen atoms in total. The highest BCUT2D eigenvalue weighted by Crippen LogP contribution is 2.17. The number of carbonyl (C=O) groups excluding carboxylic acids is 1. The maximum Gasteiger partial charge on any atom is 0.439 e. The van der Waals surface area contributed by atoms with Gasteiger partial charge >= 0.3 is 11.8 Å².